The number of sulfonamides is 1. The molecular weight excluding hydrogens is 336 g/mol. The maximum absolute atomic E-state index is 12.3. The number of anilines is 2. The van der Waals surface area contributed by atoms with Crippen LogP contribution in [0.25, 0.3) is 0 Å². The van der Waals surface area contributed by atoms with Gasteiger partial charge < -0.3 is 5.32 Å². The largest absolute Gasteiger partial charge is 0.322 e. The number of amides is 1. The quantitative estimate of drug-likeness (QED) is 0.918. The molecule has 0 saturated carbocycles. The first kappa shape index (κ1) is 17.3. The molecule has 0 radical (unpaired) electrons. The van der Waals surface area contributed by atoms with E-state index in [2.05, 4.69) is 5.32 Å². The molecule has 2 rings (SSSR count). The van der Waals surface area contributed by atoms with Crippen molar-refractivity contribution in [3.8, 4) is 0 Å². The zero-order valence-corrected chi connectivity index (χ0v) is 14.6. The lowest BCUT2D eigenvalue weighted by Crippen LogP contribution is -2.24. The number of carbonyl (C=O) groups excluding carboxylic acids is 1. The van der Waals surface area contributed by atoms with Crippen LogP contribution in [-0.4, -0.2) is 27.6 Å². The second-order valence-electron chi connectivity index (χ2n) is 5.22. The van der Waals surface area contributed by atoms with E-state index in [0.29, 0.717) is 22.0 Å². The summed E-state index contributed by atoms with van der Waals surface area (Å²) in [7, 11) is -1.91. The van der Waals surface area contributed by atoms with Crippen LogP contribution in [0.5, 0.6) is 0 Å². The number of nitrogens with zero attached hydrogens (tertiary/aromatic N) is 1. The summed E-state index contributed by atoms with van der Waals surface area (Å²) < 4.78 is 24.3. The molecule has 0 aliphatic heterocycles. The lowest BCUT2D eigenvalue weighted by atomic mass is 10.1. The predicted molar refractivity (Wildman–Crippen MR) is 93.8 cm³/mol. The van der Waals surface area contributed by atoms with Crippen LogP contribution in [0.3, 0.4) is 0 Å². The molecule has 122 valence electrons. The average molecular weight is 353 g/mol. The van der Waals surface area contributed by atoms with Gasteiger partial charge in [0.2, 0.25) is 10.0 Å². The number of nitrogens with one attached hydrogen (secondary N) is 1. The molecule has 0 bridgehead atoms. The van der Waals surface area contributed by atoms with Gasteiger partial charge in [-0.25, -0.2) is 8.42 Å². The molecule has 7 heteroatoms. The van der Waals surface area contributed by atoms with Crippen LogP contribution in [0.15, 0.2) is 42.5 Å². The molecule has 0 aliphatic carbocycles. The summed E-state index contributed by atoms with van der Waals surface area (Å²) in [4.78, 5) is 12.3. The van der Waals surface area contributed by atoms with Crippen molar-refractivity contribution in [1.29, 1.82) is 0 Å². The maximum atomic E-state index is 12.3. The molecule has 2 aromatic carbocycles. The van der Waals surface area contributed by atoms with Crippen LogP contribution in [0, 0.1) is 6.92 Å². The molecule has 1 N–H and O–H groups in total. The monoisotopic (exact) mass is 352 g/mol. The van der Waals surface area contributed by atoms with Gasteiger partial charge in [0.1, 0.15) is 0 Å². The molecule has 0 aromatic heterocycles. The third-order valence-electron chi connectivity index (χ3n) is 3.33. The first-order chi connectivity index (χ1) is 10.7. The Hall–Kier alpha value is -2.05. The van der Waals surface area contributed by atoms with Crippen LogP contribution in [0.2, 0.25) is 5.02 Å². The van der Waals surface area contributed by atoms with E-state index in [-0.39, 0.29) is 5.91 Å². The summed E-state index contributed by atoms with van der Waals surface area (Å²) in [5, 5.41) is 3.09. The minimum Gasteiger partial charge on any atom is -0.322 e. The number of halogens is 1. The zero-order valence-electron chi connectivity index (χ0n) is 13.0. The molecular formula is C16H17ClN2O3S. The van der Waals surface area contributed by atoms with Crippen molar-refractivity contribution in [2.75, 3.05) is 22.9 Å². The van der Waals surface area contributed by atoms with Crippen molar-refractivity contribution in [2.45, 2.75) is 6.92 Å². The fraction of sp³-hybridized carbons (Fsp3) is 0.188. The molecule has 0 saturated heterocycles. The highest BCUT2D eigenvalue weighted by Crippen LogP contribution is 2.23. The average Bonchev–Trinajstić information content (AvgIpc) is 2.45. The summed E-state index contributed by atoms with van der Waals surface area (Å²) in [5.74, 6) is -0.353. The Balaban J connectivity index is 2.25. The van der Waals surface area contributed by atoms with Gasteiger partial charge in [0.15, 0.2) is 0 Å². The highest BCUT2D eigenvalue weighted by Gasteiger charge is 2.14. The van der Waals surface area contributed by atoms with Crippen LogP contribution >= 0.6 is 11.6 Å². The predicted octanol–water partition coefficient (Wildman–Crippen LogP) is 3.30. The number of rotatable bonds is 4. The van der Waals surface area contributed by atoms with E-state index >= 15 is 0 Å². The van der Waals surface area contributed by atoms with Gasteiger partial charge in [0.25, 0.3) is 5.91 Å². The fourth-order valence-electron chi connectivity index (χ4n) is 1.97. The number of aryl methyl sites for hydroxylation is 1. The molecule has 0 unspecified atom stereocenters. The molecule has 0 heterocycles. The van der Waals surface area contributed by atoms with Crippen molar-refractivity contribution in [2.24, 2.45) is 0 Å². The third kappa shape index (κ3) is 4.24. The van der Waals surface area contributed by atoms with Gasteiger partial charge in [-0.15, -0.1) is 0 Å². The van der Waals surface area contributed by atoms with E-state index in [1.807, 2.05) is 6.92 Å². The zero-order chi connectivity index (χ0) is 17.2. The summed E-state index contributed by atoms with van der Waals surface area (Å²) in [6, 6.07) is 11.7. The van der Waals surface area contributed by atoms with Crippen molar-refractivity contribution < 1.29 is 13.2 Å². The highest BCUT2D eigenvalue weighted by atomic mass is 35.5. The Kier molecular flexibility index (Phi) is 4.97. The van der Waals surface area contributed by atoms with E-state index in [4.69, 9.17) is 11.6 Å². The molecule has 23 heavy (non-hydrogen) atoms. The number of hydrogen-bond donors (Lipinski definition) is 1. The van der Waals surface area contributed by atoms with Crippen molar-refractivity contribution in [1.82, 2.24) is 0 Å². The second-order valence-corrected chi connectivity index (χ2v) is 7.64. The summed E-state index contributed by atoms with van der Waals surface area (Å²) in [6.07, 6.45) is 1.12. The van der Waals surface area contributed by atoms with E-state index in [1.54, 1.807) is 42.5 Å². The highest BCUT2D eigenvalue weighted by molar-refractivity contribution is 7.92. The van der Waals surface area contributed by atoms with E-state index < -0.39 is 10.0 Å². The van der Waals surface area contributed by atoms with Gasteiger partial charge in [0, 0.05) is 12.7 Å². The first-order valence-electron chi connectivity index (χ1n) is 6.80. The normalized spacial score (nSPS) is 11.1. The fourth-order valence-corrected chi connectivity index (χ4v) is 2.79. The van der Waals surface area contributed by atoms with Crippen LogP contribution in [0.1, 0.15) is 15.9 Å². The molecule has 5 nitrogen and oxygen atoms in total. The van der Waals surface area contributed by atoms with Crippen molar-refractivity contribution >= 4 is 38.9 Å². The van der Waals surface area contributed by atoms with E-state index in [9.17, 15) is 13.2 Å². The van der Waals surface area contributed by atoms with Crippen molar-refractivity contribution in [3.63, 3.8) is 0 Å². The number of carbonyl (C=O) groups is 1. The second kappa shape index (κ2) is 6.60. The lowest BCUT2D eigenvalue weighted by molar-refractivity contribution is 0.102. The Labute approximate surface area is 140 Å². The van der Waals surface area contributed by atoms with Gasteiger partial charge in [-0.3, -0.25) is 9.10 Å². The Morgan fingerprint density at radius 3 is 2.48 bits per heavy atom. The lowest BCUT2D eigenvalue weighted by Gasteiger charge is -2.17. The topological polar surface area (TPSA) is 66.5 Å². The molecule has 2 aromatic rings. The van der Waals surface area contributed by atoms with Crippen LogP contribution < -0.4 is 9.62 Å². The molecule has 1 amide bonds. The van der Waals surface area contributed by atoms with E-state index in [0.717, 1.165) is 16.1 Å². The van der Waals surface area contributed by atoms with Crippen LogP contribution in [0.4, 0.5) is 11.4 Å². The first-order valence-corrected chi connectivity index (χ1v) is 9.02. The molecule has 0 aliphatic rings. The Morgan fingerprint density at radius 2 is 1.87 bits per heavy atom. The summed E-state index contributed by atoms with van der Waals surface area (Å²) >= 11 is 6.08. The Bertz CT molecular complexity index is 850. The van der Waals surface area contributed by atoms with Gasteiger partial charge in [0.05, 0.1) is 22.5 Å². The van der Waals surface area contributed by atoms with Gasteiger partial charge in [-0.05, 0) is 42.8 Å². The maximum Gasteiger partial charge on any atom is 0.257 e. The molecule has 0 fully saturated rings. The summed E-state index contributed by atoms with van der Waals surface area (Å²) in [6.45, 7) is 1.89. The summed E-state index contributed by atoms with van der Waals surface area (Å²) in [5.41, 5.74) is 2.27. The van der Waals surface area contributed by atoms with Crippen molar-refractivity contribution in [3.05, 3.63) is 58.6 Å². The SMILES string of the molecule is Cc1ccc(C(=O)Nc2cccc(N(C)S(C)(=O)=O)c2)c(Cl)c1. The number of hydrogen-bond acceptors (Lipinski definition) is 3. The van der Waals surface area contributed by atoms with E-state index in [1.165, 1.54) is 7.05 Å². The van der Waals surface area contributed by atoms with Gasteiger partial charge in [-0.1, -0.05) is 23.7 Å². The smallest absolute Gasteiger partial charge is 0.257 e. The molecule has 0 spiro atoms. The van der Waals surface area contributed by atoms with Gasteiger partial charge >= 0.3 is 0 Å². The number of benzene rings is 2. The molecule has 0 atom stereocenters. The van der Waals surface area contributed by atoms with Gasteiger partial charge in [-0.2, -0.15) is 0 Å². The Morgan fingerprint density at radius 1 is 1.17 bits per heavy atom. The standard InChI is InChI=1S/C16H17ClN2O3S/c1-11-7-8-14(15(17)9-11)16(20)18-12-5-4-6-13(10-12)19(2)23(3,21)22/h4-10H,1-3H3,(H,18,20). The third-order valence-corrected chi connectivity index (χ3v) is 4.85. The minimum atomic E-state index is -3.37. The minimum absolute atomic E-state index is 0.353. The van der Waals surface area contributed by atoms with Crippen LogP contribution in [-0.2, 0) is 10.0 Å².